The summed E-state index contributed by atoms with van der Waals surface area (Å²) in [5.74, 6) is -1.18. The van der Waals surface area contributed by atoms with Crippen molar-refractivity contribution in [2.45, 2.75) is 10.9 Å². The zero-order chi connectivity index (χ0) is 14.0. The number of carbonyl (C=O) groups is 1. The summed E-state index contributed by atoms with van der Waals surface area (Å²) >= 11 is 0. The number of hydrogen-bond donors (Lipinski definition) is 0. The van der Waals surface area contributed by atoms with Crippen LogP contribution in [0.15, 0.2) is 41.3 Å². The molecule has 1 unspecified atom stereocenters. The third-order valence-corrected chi connectivity index (χ3v) is 4.64. The van der Waals surface area contributed by atoms with Crippen LogP contribution in [0.1, 0.15) is 0 Å². The molecule has 102 valence electrons. The van der Waals surface area contributed by atoms with E-state index in [1.807, 2.05) is 0 Å². The molecule has 0 aromatic heterocycles. The second kappa shape index (κ2) is 5.10. The summed E-state index contributed by atoms with van der Waals surface area (Å²) < 4.78 is 43.0. The van der Waals surface area contributed by atoms with Crippen molar-refractivity contribution >= 4 is 16.0 Å². The van der Waals surface area contributed by atoms with Crippen LogP contribution in [0.3, 0.4) is 0 Å². The fraction of sp³-hybridized carbons (Fsp3) is 0.250. The number of methoxy groups -OCH3 is 1. The van der Waals surface area contributed by atoms with E-state index in [0.717, 1.165) is 28.6 Å². The van der Waals surface area contributed by atoms with E-state index >= 15 is 0 Å². The number of halogens is 1. The first-order chi connectivity index (χ1) is 8.96. The van der Waals surface area contributed by atoms with Crippen LogP contribution in [0.4, 0.5) is 4.39 Å². The molecule has 0 N–H and O–H groups in total. The van der Waals surface area contributed by atoms with Gasteiger partial charge in [0.2, 0.25) is 10.0 Å². The van der Waals surface area contributed by atoms with Gasteiger partial charge in [-0.15, -0.1) is 0 Å². The van der Waals surface area contributed by atoms with Gasteiger partial charge in [0, 0.05) is 6.54 Å². The van der Waals surface area contributed by atoms with Crippen LogP contribution in [0.5, 0.6) is 0 Å². The molecule has 1 heterocycles. The summed E-state index contributed by atoms with van der Waals surface area (Å²) in [4.78, 5) is 11.5. The van der Waals surface area contributed by atoms with Crippen molar-refractivity contribution in [3.63, 3.8) is 0 Å². The molecule has 5 nitrogen and oxygen atoms in total. The second-order valence-corrected chi connectivity index (χ2v) is 5.82. The molecule has 1 aliphatic heterocycles. The predicted octanol–water partition coefficient (Wildman–Crippen LogP) is 0.928. The first-order valence-electron chi connectivity index (χ1n) is 5.48. The van der Waals surface area contributed by atoms with Gasteiger partial charge in [-0.2, -0.15) is 4.31 Å². The summed E-state index contributed by atoms with van der Waals surface area (Å²) in [6, 6.07) is 3.47. The van der Waals surface area contributed by atoms with Gasteiger partial charge in [0.05, 0.1) is 12.0 Å². The lowest BCUT2D eigenvalue weighted by Gasteiger charge is -2.21. The minimum Gasteiger partial charge on any atom is -0.468 e. The Morgan fingerprint density at radius 2 is 2.00 bits per heavy atom. The third kappa shape index (κ3) is 2.52. The van der Waals surface area contributed by atoms with Gasteiger partial charge in [-0.05, 0) is 24.3 Å². The molecule has 7 heteroatoms. The standard InChI is InChI=1S/C12H12FNO4S/c1-18-12(15)11-3-2-8-14(11)19(16,17)10-6-4-9(13)5-7-10/h2-7,11H,8H2,1H3. The number of benzene rings is 1. The van der Waals surface area contributed by atoms with Gasteiger partial charge in [0.1, 0.15) is 11.9 Å². The molecule has 19 heavy (non-hydrogen) atoms. The van der Waals surface area contributed by atoms with E-state index in [0.29, 0.717) is 0 Å². The van der Waals surface area contributed by atoms with Crippen molar-refractivity contribution in [2.75, 3.05) is 13.7 Å². The highest BCUT2D eigenvalue weighted by Crippen LogP contribution is 2.23. The number of nitrogens with zero attached hydrogens (tertiary/aromatic N) is 1. The van der Waals surface area contributed by atoms with Gasteiger partial charge < -0.3 is 4.74 Å². The maximum Gasteiger partial charge on any atom is 0.328 e. The fourth-order valence-electron chi connectivity index (χ4n) is 1.81. The van der Waals surface area contributed by atoms with E-state index in [1.54, 1.807) is 6.08 Å². The summed E-state index contributed by atoms with van der Waals surface area (Å²) in [7, 11) is -2.66. The molecule has 0 saturated heterocycles. The van der Waals surface area contributed by atoms with Crippen molar-refractivity contribution in [1.29, 1.82) is 0 Å². The van der Waals surface area contributed by atoms with E-state index in [-0.39, 0.29) is 11.4 Å². The van der Waals surface area contributed by atoms with Crippen molar-refractivity contribution in [3.8, 4) is 0 Å². The topological polar surface area (TPSA) is 63.7 Å². The van der Waals surface area contributed by atoms with E-state index in [9.17, 15) is 17.6 Å². The number of hydrogen-bond acceptors (Lipinski definition) is 4. The predicted molar refractivity (Wildman–Crippen MR) is 65.2 cm³/mol. The summed E-state index contributed by atoms with van der Waals surface area (Å²) in [5.41, 5.74) is 0. The first-order valence-corrected chi connectivity index (χ1v) is 6.92. The van der Waals surface area contributed by atoms with Crippen molar-refractivity contribution < 1.29 is 22.3 Å². The van der Waals surface area contributed by atoms with Crippen molar-refractivity contribution in [1.82, 2.24) is 4.31 Å². The van der Waals surface area contributed by atoms with E-state index in [4.69, 9.17) is 0 Å². The second-order valence-electron chi connectivity index (χ2n) is 3.92. The molecule has 0 bridgehead atoms. The van der Waals surface area contributed by atoms with Crippen LogP contribution in [0.25, 0.3) is 0 Å². The zero-order valence-corrected chi connectivity index (χ0v) is 10.9. The molecule has 1 aliphatic rings. The van der Waals surface area contributed by atoms with E-state index in [1.165, 1.54) is 13.2 Å². The Kier molecular flexibility index (Phi) is 3.68. The number of esters is 1. The Morgan fingerprint density at radius 3 is 2.58 bits per heavy atom. The number of ether oxygens (including phenoxy) is 1. The van der Waals surface area contributed by atoms with Gasteiger partial charge >= 0.3 is 5.97 Å². The number of rotatable bonds is 3. The average Bonchev–Trinajstić information content (AvgIpc) is 2.88. The maximum atomic E-state index is 12.8. The molecule has 0 fully saturated rings. The van der Waals surface area contributed by atoms with Crippen LogP contribution < -0.4 is 0 Å². The molecular weight excluding hydrogens is 273 g/mol. The SMILES string of the molecule is COC(=O)C1C=CCN1S(=O)(=O)c1ccc(F)cc1. The first kappa shape index (κ1) is 13.7. The molecule has 0 amide bonds. The molecule has 1 aromatic carbocycles. The molecule has 1 aromatic rings. The Bertz CT molecular complexity index is 609. The normalized spacial score (nSPS) is 19.6. The van der Waals surface area contributed by atoms with Gasteiger partial charge in [0.25, 0.3) is 0 Å². The third-order valence-electron chi connectivity index (χ3n) is 2.78. The van der Waals surface area contributed by atoms with E-state index < -0.39 is 27.9 Å². The van der Waals surface area contributed by atoms with Gasteiger partial charge in [-0.3, -0.25) is 0 Å². The number of sulfonamides is 1. The van der Waals surface area contributed by atoms with Crippen LogP contribution in [-0.2, 0) is 19.6 Å². The Morgan fingerprint density at radius 1 is 1.37 bits per heavy atom. The van der Waals surface area contributed by atoms with Crippen LogP contribution >= 0.6 is 0 Å². The molecule has 2 rings (SSSR count). The van der Waals surface area contributed by atoms with Crippen LogP contribution in [0, 0.1) is 5.82 Å². The lowest BCUT2D eigenvalue weighted by molar-refractivity contribution is -0.143. The fourth-order valence-corrected chi connectivity index (χ4v) is 3.30. The molecule has 0 saturated carbocycles. The molecule has 0 aliphatic carbocycles. The Balaban J connectivity index is 2.35. The van der Waals surface area contributed by atoms with Gasteiger partial charge in [0.15, 0.2) is 0 Å². The molecule has 0 spiro atoms. The minimum absolute atomic E-state index is 0.0634. The lowest BCUT2D eigenvalue weighted by atomic mass is 10.3. The highest BCUT2D eigenvalue weighted by atomic mass is 32.2. The summed E-state index contributed by atoms with van der Waals surface area (Å²) in [6.07, 6.45) is 3.04. The summed E-state index contributed by atoms with van der Waals surface area (Å²) in [6.45, 7) is 0.0828. The smallest absolute Gasteiger partial charge is 0.328 e. The minimum atomic E-state index is -3.86. The van der Waals surface area contributed by atoms with Crippen molar-refractivity contribution in [2.24, 2.45) is 0 Å². The van der Waals surface area contributed by atoms with Gasteiger partial charge in [-0.1, -0.05) is 12.2 Å². The van der Waals surface area contributed by atoms with Gasteiger partial charge in [-0.25, -0.2) is 17.6 Å². The highest BCUT2D eigenvalue weighted by molar-refractivity contribution is 7.89. The largest absolute Gasteiger partial charge is 0.468 e. The molecule has 1 atom stereocenters. The highest BCUT2D eigenvalue weighted by Gasteiger charge is 2.37. The Hall–Kier alpha value is -1.73. The average molecular weight is 285 g/mol. The number of carbonyl (C=O) groups excluding carboxylic acids is 1. The quantitative estimate of drug-likeness (QED) is 0.612. The lowest BCUT2D eigenvalue weighted by Crippen LogP contribution is -2.41. The maximum absolute atomic E-state index is 12.8. The molecular formula is C12H12FNO4S. The molecule has 0 radical (unpaired) electrons. The van der Waals surface area contributed by atoms with Crippen LogP contribution in [-0.4, -0.2) is 38.4 Å². The van der Waals surface area contributed by atoms with E-state index in [2.05, 4.69) is 4.74 Å². The summed E-state index contributed by atoms with van der Waals surface area (Å²) in [5, 5.41) is 0. The Labute approximate surface area is 110 Å². The monoisotopic (exact) mass is 285 g/mol. The van der Waals surface area contributed by atoms with Crippen LogP contribution in [0.2, 0.25) is 0 Å². The van der Waals surface area contributed by atoms with Crippen molar-refractivity contribution in [3.05, 3.63) is 42.2 Å². The zero-order valence-electron chi connectivity index (χ0n) is 10.1.